The number of benzene rings is 1. The Bertz CT molecular complexity index is 1760. The Labute approximate surface area is 395 Å². The van der Waals surface area contributed by atoms with E-state index in [0.29, 0.717) is 50.4 Å². The third-order valence-electron chi connectivity index (χ3n) is 14.6. The lowest BCUT2D eigenvalue weighted by Gasteiger charge is -2.41. The van der Waals surface area contributed by atoms with Crippen molar-refractivity contribution in [2.75, 3.05) is 33.1 Å². The van der Waals surface area contributed by atoms with E-state index in [2.05, 4.69) is 21.2 Å². The molecule has 3 fully saturated rings. The Morgan fingerprint density at radius 3 is 2.17 bits per heavy atom. The molecule has 65 heavy (non-hydrogen) atoms. The quantitative estimate of drug-likeness (QED) is 0.0684. The number of hydrogen-bond donors (Lipinski definition) is 2. The highest BCUT2D eigenvalue weighted by Crippen LogP contribution is 2.43. The van der Waals surface area contributed by atoms with Crippen molar-refractivity contribution < 1.29 is 48.1 Å². The second-order valence-corrected chi connectivity index (χ2v) is 19.8. The van der Waals surface area contributed by atoms with E-state index >= 15 is 0 Å². The van der Waals surface area contributed by atoms with Crippen molar-refractivity contribution in [3.8, 4) is 0 Å². The number of nitrogens with one attached hydrogen (secondary N) is 1. The first kappa shape index (κ1) is 53.9. The maximum atomic E-state index is 14.6. The molecule has 364 valence electrons. The molecule has 14 nitrogen and oxygen atoms in total. The standard InChI is InChI=1S/C50H77BrN4O10/c1-9-32(4)45(41(64-7)29-43(59)54-25-17-21-39(54)47(65-8)33(5)40(57)28-36(50(62)63)26-34-18-13-12-14-19-34)53(6)49(61)44(31(2)3)52-48(60)46-35-23-24-37(27-35)55(46)42(58)22-16-11-10-15-20-38(56)30-51/h12-14,18-19,31-33,35-37,39,41,44-47H,9-11,15-17,20-30H2,1-8H3,(H,52,60)(H,62,63)/t32-,33-,35-,36+,37-,39-,41+,44-,45-,46-,47+/m0/s1. The van der Waals surface area contributed by atoms with Crippen LogP contribution in [0.3, 0.4) is 0 Å². The Morgan fingerprint density at radius 1 is 0.892 bits per heavy atom. The number of hydrogen-bond acceptors (Lipinski definition) is 9. The van der Waals surface area contributed by atoms with Gasteiger partial charge in [0.05, 0.1) is 42.0 Å². The van der Waals surface area contributed by atoms with Gasteiger partial charge >= 0.3 is 5.97 Å². The number of carboxylic acid groups (broad SMARTS) is 1. The molecule has 2 aliphatic heterocycles. The van der Waals surface area contributed by atoms with Gasteiger partial charge in [0.15, 0.2) is 0 Å². The highest BCUT2D eigenvalue weighted by atomic mass is 79.9. The molecule has 1 aromatic rings. The molecule has 0 unspecified atom stereocenters. The van der Waals surface area contributed by atoms with Gasteiger partial charge in [0.25, 0.3) is 0 Å². The van der Waals surface area contributed by atoms with Crippen LogP contribution >= 0.6 is 15.9 Å². The van der Waals surface area contributed by atoms with Crippen molar-refractivity contribution in [1.82, 2.24) is 20.0 Å². The molecule has 0 radical (unpaired) electrons. The topological polar surface area (TPSA) is 180 Å². The van der Waals surface area contributed by atoms with Crippen molar-refractivity contribution in [2.45, 2.75) is 173 Å². The second kappa shape index (κ2) is 26.0. The molecule has 4 rings (SSSR count). The number of likely N-dealkylation sites (N-methyl/N-ethyl adjacent to an activating group) is 1. The zero-order chi connectivity index (χ0) is 48.0. The molecule has 11 atom stereocenters. The van der Waals surface area contributed by atoms with E-state index in [-0.39, 0.29) is 78.3 Å². The number of carbonyl (C=O) groups is 7. The molecule has 2 bridgehead atoms. The van der Waals surface area contributed by atoms with E-state index in [1.807, 2.05) is 58.0 Å². The first-order chi connectivity index (χ1) is 31.0. The van der Waals surface area contributed by atoms with Gasteiger partial charge in [-0.25, -0.2) is 0 Å². The number of rotatable bonds is 28. The summed E-state index contributed by atoms with van der Waals surface area (Å²) in [5, 5.41) is 13.5. The third-order valence-corrected chi connectivity index (χ3v) is 15.2. The number of carboxylic acids is 1. The van der Waals surface area contributed by atoms with E-state index in [9.17, 15) is 38.7 Å². The molecule has 4 amide bonds. The van der Waals surface area contributed by atoms with Crippen molar-refractivity contribution in [3.05, 3.63) is 35.9 Å². The molecule has 2 saturated heterocycles. The summed E-state index contributed by atoms with van der Waals surface area (Å²) < 4.78 is 12.0. The van der Waals surface area contributed by atoms with Crippen molar-refractivity contribution in [2.24, 2.45) is 29.6 Å². The van der Waals surface area contributed by atoms with E-state index in [1.165, 1.54) is 14.2 Å². The Hall–Kier alpha value is -3.69. The van der Waals surface area contributed by atoms with Gasteiger partial charge in [-0.2, -0.15) is 0 Å². The van der Waals surface area contributed by atoms with E-state index in [4.69, 9.17) is 9.47 Å². The predicted molar refractivity (Wildman–Crippen MR) is 252 cm³/mol. The normalized spacial score (nSPS) is 22.5. The summed E-state index contributed by atoms with van der Waals surface area (Å²) in [5.41, 5.74) is 0.836. The van der Waals surface area contributed by atoms with Crippen molar-refractivity contribution in [3.63, 3.8) is 0 Å². The molecule has 2 heterocycles. The maximum absolute atomic E-state index is 14.6. The second-order valence-electron chi connectivity index (χ2n) is 19.3. The van der Waals surface area contributed by atoms with Crippen LogP contribution < -0.4 is 5.32 Å². The average molecular weight is 974 g/mol. The lowest BCUT2D eigenvalue weighted by Crippen LogP contribution is -2.60. The Balaban J connectivity index is 1.43. The van der Waals surface area contributed by atoms with Gasteiger partial charge in [0.1, 0.15) is 23.7 Å². The minimum Gasteiger partial charge on any atom is -0.481 e. The molecule has 0 spiro atoms. The van der Waals surface area contributed by atoms with Gasteiger partial charge in [-0.05, 0) is 74.7 Å². The van der Waals surface area contributed by atoms with E-state index < -0.39 is 54.2 Å². The van der Waals surface area contributed by atoms with Gasteiger partial charge in [-0.3, -0.25) is 33.6 Å². The number of likely N-dealkylation sites (tertiary alicyclic amines) is 2. The maximum Gasteiger partial charge on any atom is 0.307 e. The summed E-state index contributed by atoms with van der Waals surface area (Å²) in [6.45, 7) is 10.0. The summed E-state index contributed by atoms with van der Waals surface area (Å²) in [6, 6.07) is 6.77. The number of carbonyl (C=O) groups excluding carboxylic acids is 6. The third kappa shape index (κ3) is 14.2. The number of piperidine rings is 1. The van der Waals surface area contributed by atoms with Crippen LogP contribution in [-0.2, 0) is 49.5 Å². The van der Waals surface area contributed by atoms with Crippen molar-refractivity contribution in [1.29, 1.82) is 0 Å². The summed E-state index contributed by atoms with van der Waals surface area (Å²) >= 11 is 3.20. The number of fused-ring (bicyclic) bond motifs is 2. The largest absolute Gasteiger partial charge is 0.481 e. The molecule has 1 saturated carbocycles. The molecule has 1 aromatic carbocycles. The summed E-state index contributed by atoms with van der Waals surface area (Å²) in [6.07, 6.45) is 7.22. The fourth-order valence-electron chi connectivity index (χ4n) is 10.7. The molecular weight excluding hydrogens is 896 g/mol. The zero-order valence-corrected chi connectivity index (χ0v) is 41.8. The van der Waals surface area contributed by atoms with Crippen LogP contribution in [0.15, 0.2) is 30.3 Å². The Morgan fingerprint density at radius 2 is 1.57 bits per heavy atom. The van der Waals surface area contributed by atoms with Gasteiger partial charge in [0, 0.05) is 59.0 Å². The van der Waals surface area contributed by atoms with Crippen LogP contribution in [0.1, 0.15) is 130 Å². The first-order valence-electron chi connectivity index (χ1n) is 24.1. The SMILES string of the molecule is CC[C@H](C)[C@@H]([C@@H](CC(=O)N1CCC[C@H]1[C@H](OC)[C@@H](C)C(=O)C[C@@H](Cc1ccccc1)C(=O)O)OC)N(C)C(=O)[C@@H](NC(=O)[C@@H]1[C@H]2CC[C@@H](C2)N1C(=O)CCCCCCC(=O)CBr)C(C)C. The molecular formula is C50H77BrN4O10. The van der Waals surface area contributed by atoms with Crippen LogP contribution in [0.25, 0.3) is 0 Å². The Kier molecular flexibility index (Phi) is 21.6. The predicted octanol–water partition coefficient (Wildman–Crippen LogP) is 6.63. The molecule has 0 aromatic heterocycles. The van der Waals surface area contributed by atoms with Crippen LogP contribution in [-0.4, -0.2) is 137 Å². The van der Waals surface area contributed by atoms with E-state index in [0.717, 1.165) is 44.1 Å². The molecule has 2 N–H and O–H groups in total. The number of halogens is 1. The monoisotopic (exact) mass is 972 g/mol. The molecule has 1 aliphatic carbocycles. The van der Waals surface area contributed by atoms with Crippen LogP contribution in [0.4, 0.5) is 0 Å². The number of amides is 4. The summed E-state index contributed by atoms with van der Waals surface area (Å²) in [4.78, 5) is 99.7. The van der Waals surface area contributed by atoms with E-state index in [1.54, 1.807) is 28.7 Å². The minimum absolute atomic E-state index is 0.0118. The van der Waals surface area contributed by atoms with Crippen LogP contribution in [0.2, 0.25) is 0 Å². The smallest absolute Gasteiger partial charge is 0.307 e. The van der Waals surface area contributed by atoms with Gasteiger partial charge in [-0.1, -0.05) is 100 Å². The number of unbranched alkanes of at least 4 members (excludes halogenated alkanes) is 3. The molecule has 15 heteroatoms. The average Bonchev–Trinajstić information content (AvgIpc) is 4.06. The van der Waals surface area contributed by atoms with Gasteiger partial charge in [-0.15, -0.1) is 0 Å². The number of ether oxygens (including phenoxy) is 2. The lowest BCUT2D eigenvalue weighted by molar-refractivity contribution is -0.149. The van der Waals surface area contributed by atoms with Crippen LogP contribution in [0.5, 0.6) is 0 Å². The fraction of sp³-hybridized carbons (Fsp3) is 0.740. The number of alkyl halides is 1. The first-order valence-corrected chi connectivity index (χ1v) is 25.2. The lowest BCUT2D eigenvalue weighted by atomic mass is 9.85. The summed E-state index contributed by atoms with van der Waals surface area (Å²) in [7, 11) is 4.76. The van der Waals surface area contributed by atoms with Crippen molar-refractivity contribution >= 4 is 57.1 Å². The van der Waals surface area contributed by atoms with Gasteiger partial charge in [0.2, 0.25) is 23.6 Å². The fourth-order valence-corrected chi connectivity index (χ4v) is 11.0. The number of ketones is 2. The number of nitrogens with zero attached hydrogens (tertiary/aromatic N) is 3. The highest BCUT2D eigenvalue weighted by Gasteiger charge is 2.52. The zero-order valence-electron chi connectivity index (χ0n) is 40.2. The number of Topliss-reactive ketones (excluding diaryl/α,β-unsaturated/α-hetero) is 2. The number of methoxy groups -OCH3 is 2. The highest BCUT2D eigenvalue weighted by molar-refractivity contribution is 9.09. The number of aliphatic carboxylic acids is 1. The molecule has 3 aliphatic rings. The van der Waals surface area contributed by atoms with Crippen LogP contribution in [0, 0.1) is 29.6 Å². The minimum atomic E-state index is -1.04. The summed E-state index contributed by atoms with van der Waals surface area (Å²) in [5.74, 6) is -3.85. The van der Waals surface area contributed by atoms with Gasteiger partial charge < -0.3 is 34.6 Å².